The fraction of sp³-hybridized carbons (Fsp3) is 0.200. The van der Waals surface area contributed by atoms with Crippen molar-refractivity contribution in [3.05, 3.63) is 62.8 Å². The molecule has 1 aromatic carbocycles. The molecular weight excluding hydrogens is 275 g/mol. The maximum atomic E-state index is 13.6. The summed E-state index contributed by atoms with van der Waals surface area (Å²) in [5, 5.41) is 0.615. The van der Waals surface area contributed by atoms with Crippen LogP contribution in [0.4, 0.5) is 4.39 Å². The van der Waals surface area contributed by atoms with Crippen molar-refractivity contribution in [2.45, 2.75) is 19.8 Å². The van der Waals surface area contributed by atoms with Crippen molar-refractivity contribution in [3.63, 3.8) is 0 Å². The minimum absolute atomic E-state index is 0.155. The number of aromatic amines is 1. The van der Waals surface area contributed by atoms with Crippen LogP contribution in [-0.4, -0.2) is 9.97 Å². The van der Waals surface area contributed by atoms with E-state index in [0.717, 1.165) is 16.1 Å². The molecule has 2 aromatic heterocycles. The van der Waals surface area contributed by atoms with Gasteiger partial charge >= 0.3 is 0 Å². The molecule has 0 saturated heterocycles. The van der Waals surface area contributed by atoms with Gasteiger partial charge in [0.2, 0.25) is 0 Å². The normalized spacial score (nSPS) is 11.1. The lowest BCUT2D eigenvalue weighted by Gasteiger charge is -2.02. The van der Waals surface area contributed by atoms with Crippen LogP contribution in [0.3, 0.4) is 0 Å². The number of hydrogen-bond donors (Lipinski definition) is 1. The van der Waals surface area contributed by atoms with Crippen molar-refractivity contribution in [2.24, 2.45) is 0 Å². The van der Waals surface area contributed by atoms with Crippen LogP contribution in [0, 0.1) is 5.82 Å². The predicted octanol–water partition coefficient (Wildman–Crippen LogP) is 3.28. The van der Waals surface area contributed by atoms with Crippen molar-refractivity contribution >= 4 is 21.6 Å². The Hall–Kier alpha value is -2.01. The molecule has 20 heavy (non-hydrogen) atoms. The van der Waals surface area contributed by atoms with Crippen LogP contribution in [0.1, 0.15) is 23.2 Å². The number of nitrogens with one attached hydrogen (secondary N) is 1. The van der Waals surface area contributed by atoms with Gasteiger partial charge in [0, 0.05) is 11.3 Å². The summed E-state index contributed by atoms with van der Waals surface area (Å²) in [5.74, 6) is 0.216. The molecule has 1 N–H and O–H groups in total. The Balaban J connectivity index is 2.04. The lowest BCUT2D eigenvalue weighted by molar-refractivity contribution is 0.612. The number of nitrogens with zero attached hydrogens (tertiary/aromatic N) is 1. The highest BCUT2D eigenvalue weighted by atomic mass is 32.1. The quantitative estimate of drug-likeness (QED) is 0.804. The van der Waals surface area contributed by atoms with E-state index >= 15 is 0 Å². The first kappa shape index (κ1) is 13.0. The van der Waals surface area contributed by atoms with Crippen LogP contribution in [-0.2, 0) is 12.8 Å². The Bertz CT molecular complexity index is 822. The van der Waals surface area contributed by atoms with Gasteiger partial charge in [0.25, 0.3) is 5.56 Å². The molecule has 0 saturated carbocycles. The first-order valence-electron chi connectivity index (χ1n) is 6.42. The van der Waals surface area contributed by atoms with Gasteiger partial charge in [0.1, 0.15) is 16.5 Å². The molecule has 3 aromatic rings. The molecule has 3 nitrogen and oxygen atoms in total. The first-order valence-corrected chi connectivity index (χ1v) is 7.24. The zero-order valence-electron chi connectivity index (χ0n) is 10.9. The van der Waals surface area contributed by atoms with E-state index in [1.807, 2.05) is 13.0 Å². The number of rotatable bonds is 3. The number of fused-ring (bicyclic) bond motifs is 1. The van der Waals surface area contributed by atoms with E-state index in [-0.39, 0.29) is 17.8 Å². The summed E-state index contributed by atoms with van der Waals surface area (Å²) in [4.78, 5) is 21.0. The largest absolute Gasteiger partial charge is 0.310 e. The van der Waals surface area contributed by atoms with Crippen molar-refractivity contribution in [3.8, 4) is 0 Å². The molecule has 102 valence electrons. The molecule has 0 aliphatic carbocycles. The maximum Gasteiger partial charge on any atom is 0.259 e. The molecule has 0 bridgehead atoms. The van der Waals surface area contributed by atoms with Crippen molar-refractivity contribution in [1.82, 2.24) is 9.97 Å². The third-order valence-electron chi connectivity index (χ3n) is 3.17. The molecule has 0 amide bonds. The zero-order valence-corrected chi connectivity index (χ0v) is 11.8. The van der Waals surface area contributed by atoms with Crippen LogP contribution >= 0.6 is 11.3 Å². The summed E-state index contributed by atoms with van der Waals surface area (Å²) in [7, 11) is 0. The Kier molecular flexibility index (Phi) is 3.36. The summed E-state index contributed by atoms with van der Waals surface area (Å²) in [5.41, 5.74) is 0.375. The summed E-state index contributed by atoms with van der Waals surface area (Å²) < 4.78 is 13.6. The third kappa shape index (κ3) is 2.36. The lowest BCUT2D eigenvalue weighted by Crippen LogP contribution is -2.11. The van der Waals surface area contributed by atoms with Crippen molar-refractivity contribution in [1.29, 1.82) is 0 Å². The monoisotopic (exact) mass is 288 g/mol. The van der Waals surface area contributed by atoms with E-state index in [9.17, 15) is 9.18 Å². The molecular formula is C15H13FN2OS. The Morgan fingerprint density at radius 1 is 1.35 bits per heavy atom. The smallest absolute Gasteiger partial charge is 0.259 e. The van der Waals surface area contributed by atoms with Crippen LogP contribution in [0.15, 0.2) is 35.1 Å². The van der Waals surface area contributed by atoms with Crippen molar-refractivity contribution < 1.29 is 4.39 Å². The van der Waals surface area contributed by atoms with Crippen LogP contribution in [0.5, 0.6) is 0 Å². The fourth-order valence-corrected chi connectivity index (χ4v) is 3.09. The first-order chi connectivity index (χ1) is 9.67. The second-order valence-electron chi connectivity index (χ2n) is 4.57. The standard InChI is InChI=1S/C15H13FN2OS/c1-2-10-8-11-14(19)17-13(18-15(11)20-10)7-9-5-3-4-6-12(9)16/h3-6,8H,2,7H2,1H3,(H,17,18,19). The van der Waals surface area contributed by atoms with Gasteiger partial charge in [-0.3, -0.25) is 4.79 Å². The number of aromatic nitrogens is 2. The second kappa shape index (κ2) is 5.17. The lowest BCUT2D eigenvalue weighted by atomic mass is 10.1. The van der Waals surface area contributed by atoms with Crippen LogP contribution in [0.2, 0.25) is 0 Å². The molecule has 0 spiro atoms. The fourth-order valence-electron chi connectivity index (χ4n) is 2.11. The van der Waals surface area contributed by atoms with E-state index in [4.69, 9.17) is 0 Å². The summed E-state index contributed by atoms with van der Waals surface area (Å²) in [6, 6.07) is 8.40. The SMILES string of the molecule is CCc1cc2c(=O)[nH]c(Cc3ccccc3F)nc2s1. The number of H-pyrrole nitrogens is 1. The zero-order chi connectivity index (χ0) is 14.1. The molecule has 0 fully saturated rings. The predicted molar refractivity (Wildman–Crippen MR) is 78.8 cm³/mol. The highest BCUT2D eigenvalue weighted by Crippen LogP contribution is 2.22. The van der Waals surface area contributed by atoms with E-state index < -0.39 is 0 Å². The molecule has 0 aliphatic heterocycles. The van der Waals surface area contributed by atoms with Gasteiger partial charge in [0.15, 0.2) is 0 Å². The van der Waals surface area contributed by atoms with E-state index in [2.05, 4.69) is 9.97 Å². The number of thiophene rings is 1. The van der Waals surface area contributed by atoms with Gasteiger partial charge in [-0.05, 0) is 24.1 Å². The summed E-state index contributed by atoms with van der Waals surface area (Å²) in [6.07, 6.45) is 1.17. The summed E-state index contributed by atoms with van der Waals surface area (Å²) >= 11 is 1.52. The van der Waals surface area contributed by atoms with E-state index in [1.165, 1.54) is 17.4 Å². The van der Waals surface area contributed by atoms with Crippen LogP contribution in [0.25, 0.3) is 10.2 Å². The highest BCUT2D eigenvalue weighted by Gasteiger charge is 2.10. The van der Waals surface area contributed by atoms with Gasteiger partial charge in [-0.2, -0.15) is 0 Å². The minimum atomic E-state index is -0.282. The average Bonchev–Trinajstić information content (AvgIpc) is 2.85. The van der Waals surface area contributed by atoms with Gasteiger partial charge < -0.3 is 4.98 Å². The van der Waals surface area contributed by atoms with Crippen LogP contribution < -0.4 is 5.56 Å². The number of aryl methyl sites for hydroxylation is 1. The molecule has 5 heteroatoms. The number of hydrogen-bond acceptors (Lipinski definition) is 3. The highest BCUT2D eigenvalue weighted by molar-refractivity contribution is 7.18. The molecule has 2 heterocycles. The van der Waals surface area contributed by atoms with Gasteiger partial charge in [-0.1, -0.05) is 25.1 Å². The molecule has 0 radical (unpaired) electrons. The molecule has 3 rings (SSSR count). The number of halogens is 1. The molecule has 0 aliphatic rings. The van der Waals surface area contributed by atoms with E-state index in [0.29, 0.717) is 16.8 Å². The molecule has 0 atom stereocenters. The second-order valence-corrected chi connectivity index (χ2v) is 5.68. The van der Waals surface area contributed by atoms with E-state index in [1.54, 1.807) is 18.2 Å². The van der Waals surface area contributed by atoms with Gasteiger partial charge in [0.05, 0.1) is 5.39 Å². The Morgan fingerprint density at radius 2 is 2.15 bits per heavy atom. The van der Waals surface area contributed by atoms with Gasteiger partial charge in [-0.25, -0.2) is 9.37 Å². The van der Waals surface area contributed by atoms with Crippen molar-refractivity contribution in [2.75, 3.05) is 0 Å². The minimum Gasteiger partial charge on any atom is -0.310 e. The molecule has 0 unspecified atom stereocenters. The topological polar surface area (TPSA) is 45.8 Å². The average molecular weight is 288 g/mol. The Labute approximate surface area is 119 Å². The third-order valence-corrected chi connectivity index (χ3v) is 4.34. The summed E-state index contributed by atoms with van der Waals surface area (Å²) in [6.45, 7) is 2.04. The number of benzene rings is 1. The van der Waals surface area contributed by atoms with Gasteiger partial charge in [-0.15, -0.1) is 11.3 Å². The maximum absolute atomic E-state index is 13.6. The Morgan fingerprint density at radius 3 is 2.90 bits per heavy atom.